The molecule has 3 rings (SSSR count). The van der Waals surface area contributed by atoms with Crippen LogP contribution < -0.4 is 15.2 Å². The number of esters is 1. The zero-order chi connectivity index (χ0) is 20.3. The molecule has 0 radical (unpaired) electrons. The molecule has 2 heterocycles. The highest BCUT2D eigenvalue weighted by Gasteiger charge is 2.26. The van der Waals surface area contributed by atoms with Gasteiger partial charge in [-0.05, 0) is 43.3 Å². The Balaban J connectivity index is 2.07. The average molecular weight is 382 g/mol. The maximum Gasteiger partial charge on any atom is 0.330 e. The lowest BCUT2D eigenvalue weighted by Crippen LogP contribution is -2.24. The molecule has 0 saturated heterocycles. The van der Waals surface area contributed by atoms with Gasteiger partial charge in [-0.25, -0.2) is 4.79 Å². The van der Waals surface area contributed by atoms with Crippen molar-refractivity contribution < 1.29 is 19.1 Å². The van der Waals surface area contributed by atoms with E-state index in [-0.39, 0.29) is 23.5 Å². The smallest absolute Gasteiger partial charge is 0.330 e. The largest absolute Gasteiger partial charge is 0.497 e. The monoisotopic (exact) mass is 382 g/mol. The lowest BCUT2D eigenvalue weighted by Gasteiger charge is -2.16. The van der Waals surface area contributed by atoms with Crippen molar-refractivity contribution in [2.24, 2.45) is 0 Å². The number of anilines is 1. The first-order chi connectivity index (χ1) is 13.5. The van der Waals surface area contributed by atoms with E-state index in [1.807, 2.05) is 11.9 Å². The van der Waals surface area contributed by atoms with Crippen molar-refractivity contribution in [3.8, 4) is 5.75 Å². The summed E-state index contributed by atoms with van der Waals surface area (Å²) in [6, 6.07) is 8.35. The fraction of sp³-hybridized carbons (Fsp3) is 0.286. The number of carbonyl (C=O) groups is 2. The Labute approximate surface area is 162 Å². The molecule has 2 aromatic rings. The Morgan fingerprint density at radius 3 is 2.54 bits per heavy atom. The third kappa shape index (κ3) is 3.69. The van der Waals surface area contributed by atoms with Crippen molar-refractivity contribution in [2.75, 3.05) is 32.2 Å². The molecule has 7 nitrogen and oxygen atoms in total. The summed E-state index contributed by atoms with van der Waals surface area (Å²) >= 11 is 0. The molecule has 1 aromatic heterocycles. The Morgan fingerprint density at radius 2 is 1.89 bits per heavy atom. The van der Waals surface area contributed by atoms with E-state index < -0.39 is 5.97 Å². The molecule has 28 heavy (non-hydrogen) atoms. The van der Waals surface area contributed by atoms with E-state index >= 15 is 0 Å². The van der Waals surface area contributed by atoms with Gasteiger partial charge < -0.3 is 14.4 Å². The Hall–Kier alpha value is -3.35. The second-order valence-corrected chi connectivity index (χ2v) is 6.36. The maximum atomic E-state index is 13.2. The molecule has 7 heteroatoms. The van der Waals surface area contributed by atoms with Gasteiger partial charge in [0.2, 0.25) is 0 Å². The molecule has 146 valence electrons. The molecule has 0 saturated carbocycles. The third-order valence-corrected chi connectivity index (χ3v) is 4.59. The molecule has 0 amide bonds. The number of nitrogens with zero attached hydrogens (tertiary/aromatic N) is 2. The highest BCUT2D eigenvalue weighted by Crippen LogP contribution is 2.27. The summed E-state index contributed by atoms with van der Waals surface area (Å²) in [6.07, 6.45) is 2.60. The predicted octanol–water partition coefficient (Wildman–Crippen LogP) is 2.11. The normalized spacial score (nSPS) is 12.9. The minimum atomic E-state index is -0.535. The number of carbonyl (C=O) groups excluding carboxylic acids is 2. The van der Waals surface area contributed by atoms with Gasteiger partial charge in [-0.15, -0.1) is 0 Å². The van der Waals surface area contributed by atoms with Crippen LogP contribution >= 0.6 is 0 Å². The van der Waals surface area contributed by atoms with Crippen LogP contribution in [0.3, 0.4) is 0 Å². The standard InChI is InChI=1S/C21H22N2O5/c1-4-28-18(24)10-7-15-13-17(20-22(2)11-12-23(20)21(15)26)19(25)14-5-8-16(27-3)9-6-14/h5-10,13H,4,11-12H2,1-3H3/b10-7+. The van der Waals surface area contributed by atoms with Gasteiger partial charge >= 0.3 is 5.97 Å². The minimum Gasteiger partial charge on any atom is -0.497 e. The van der Waals surface area contributed by atoms with Crippen molar-refractivity contribution in [1.82, 2.24) is 4.57 Å². The summed E-state index contributed by atoms with van der Waals surface area (Å²) < 4.78 is 11.6. The van der Waals surface area contributed by atoms with Gasteiger partial charge in [0.25, 0.3) is 5.56 Å². The number of rotatable bonds is 6. The topological polar surface area (TPSA) is 77.8 Å². The molecular formula is C21H22N2O5. The van der Waals surface area contributed by atoms with Gasteiger partial charge in [0.15, 0.2) is 5.78 Å². The number of benzene rings is 1. The highest BCUT2D eigenvalue weighted by atomic mass is 16.5. The average Bonchev–Trinajstić information content (AvgIpc) is 3.09. The first-order valence-corrected chi connectivity index (χ1v) is 8.98. The molecule has 0 fully saturated rings. The molecule has 1 aromatic carbocycles. The molecule has 0 aliphatic carbocycles. The summed E-state index contributed by atoms with van der Waals surface area (Å²) in [6.45, 7) is 3.06. The summed E-state index contributed by atoms with van der Waals surface area (Å²) in [7, 11) is 3.40. The second kappa shape index (κ2) is 8.12. The third-order valence-electron chi connectivity index (χ3n) is 4.59. The molecular weight excluding hydrogens is 360 g/mol. The van der Waals surface area contributed by atoms with E-state index in [4.69, 9.17) is 9.47 Å². The lowest BCUT2D eigenvalue weighted by molar-refractivity contribution is -0.137. The van der Waals surface area contributed by atoms with E-state index in [0.29, 0.717) is 35.8 Å². The van der Waals surface area contributed by atoms with E-state index in [1.165, 1.54) is 18.2 Å². The Morgan fingerprint density at radius 1 is 1.18 bits per heavy atom. The molecule has 0 atom stereocenters. The summed E-state index contributed by atoms with van der Waals surface area (Å²) in [5.74, 6) is 0.499. The molecule has 1 aliphatic heterocycles. The first kappa shape index (κ1) is 19.4. The predicted molar refractivity (Wildman–Crippen MR) is 106 cm³/mol. The van der Waals surface area contributed by atoms with Crippen molar-refractivity contribution in [3.63, 3.8) is 0 Å². The number of fused-ring (bicyclic) bond motifs is 1. The summed E-state index contributed by atoms with van der Waals surface area (Å²) in [4.78, 5) is 39.4. The van der Waals surface area contributed by atoms with Gasteiger partial charge in [0.1, 0.15) is 11.6 Å². The number of ether oxygens (including phenoxy) is 2. The first-order valence-electron chi connectivity index (χ1n) is 8.98. The van der Waals surface area contributed by atoms with Crippen molar-refractivity contribution in [1.29, 1.82) is 0 Å². The zero-order valence-corrected chi connectivity index (χ0v) is 16.1. The van der Waals surface area contributed by atoms with Gasteiger partial charge in [-0.2, -0.15) is 0 Å². The highest BCUT2D eigenvalue weighted by molar-refractivity contribution is 6.12. The maximum absolute atomic E-state index is 13.2. The molecule has 0 bridgehead atoms. The van der Waals surface area contributed by atoms with Gasteiger partial charge in [0, 0.05) is 37.3 Å². The number of methoxy groups -OCH3 is 1. The quantitative estimate of drug-likeness (QED) is 0.433. The van der Waals surface area contributed by atoms with Crippen LogP contribution in [0, 0.1) is 0 Å². The van der Waals surface area contributed by atoms with Crippen LogP contribution in [0.1, 0.15) is 28.4 Å². The molecule has 0 spiro atoms. The van der Waals surface area contributed by atoms with Crippen LogP contribution in [0.2, 0.25) is 0 Å². The van der Waals surface area contributed by atoms with Crippen LogP contribution in [-0.4, -0.2) is 43.6 Å². The van der Waals surface area contributed by atoms with E-state index in [0.717, 1.165) is 0 Å². The van der Waals surface area contributed by atoms with Gasteiger partial charge in [-0.3, -0.25) is 14.2 Å². The van der Waals surface area contributed by atoms with Crippen molar-refractivity contribution >= 4 is 23.6 Å². The fourth-order valence-electron chi connectivity index (χ4n) is 3.19. The Kier molecular flexibility index (Phi) is 5.63. The second-order valence-electron chi connectivity index (χ2n) is 6.36. The molecule has 0 N–H and O–H groups in total. The van der Waals surface area contributed by atoms with Gasteiger partial charge in [-0.1, -0.05) is 0 Å². The van der Waals surface area contributed by atoms with Crippen molar-refractivity contribution in [2.45, 2.75) is 13.5 Å². The number of ketones is 1. The molecule has 0 unspecified atom stereocenters. The van der Waals surface area contributed by atoms with Crippen LogP contribution in [0.15, 0.2) is 41.2 Å². The summed E-state index contributed by atoms with van der Waals surface area (Å²) in [5.41, 5.74) is 0.922. The van der Waals surface area contributed by atoms with Crippen LogP contribution in [0.5, 0.6) is 5.75 Å². The van der Waals surface area contributed by atoms with E-state index in [9.17, 15) is 14.4 Å². The van der Waals surface area contributed by atoms with Crippen LogP contribution in [0.25, 0.3) is 6.08 Å². The van der Waals surface area contributed by atoms with E-state index in [2.05, 4.69) is 0 Å². The van der Waals surface area contributed by atoms with Crippen molar-refractivity contribution in [3.05, 3.63) is 63.5 Å². The van der Waals surface area contributed by atoms with Crippen LogP contribution in [0.4, 0.5) is 5.82 Å². The number of pyridine rings is 1. The fourth-order valence-corrected chi connectivity index (χ4v) is 3.19. The molecule has 1 aliphatic rings. The lowest BCUT2D eigenvalue weighted by atomic mass is 10.0. The van der Waals surface area contributed by atoms with E-state index in [1.54, 1.807) is 42.9 Å². The zero-order valence-electron chi connectivity index (χ0n) is 16.1. The van der Waals surface area contributed by atoms with Gasteiger partial charge in [0.05, 0.1) is 19.3 Å². The number of hydrogen-bond donors (Lipinski definition) is 0. The summed E-state index contributed by atoms with van der Waals surface area (Å²) in [5, 5.41) is 0. The number of likely N-dealkylation sites (N-methyl/N-ethyl adjacent to an activating group) is 1. The SMILES string of the molecule is CCOC(=O)/C=C/c1cc(C(=O)c2ccc(OC)cc2)c2n(c1=O)CCN2C. The Bertz CT molecular complexity index is 989. The van der Waals surface area contributed by atoms with Crippen LogP contribution in [-0.2, 0) is 16.1 Å². The number of aromatic nitrogens is 1. The minimum absolute atomic E-state index is 0.203. The number of hydrogen-bond acceptors (Lipinski definition) is 6.